The van der Waals surface area contributed by atoms with Gasteiger partial charge in [-0.15, -0.1) is 6.42 Å². The predicted molar refractivity (Wildman–Crippen MR) is 109 cm³/mol. The van der Waals surface area contributed by atoms with E-state index in [1.807, 2.05) is 0 Å². The van der Waals surface area contributed by atoms with Crippen LogP contribution in [0.15, 0.2) is 18.2 Å². The Morgan fingerprint density at radius 2 is 1.80 bits per heavy atom. The highest BCUT2D eigenvalue weighted by Crippen LogP contribution is 2.25. The van der Waals surface area contributed by atoms with Crippen LogP contribution >= 0.6 is 0 Å². The summed E-state index contributed by atoms with van der Waals surface area (Å²) in [6.07, 6.45) is 5.19. The first-order chi connectivity index (χ1) is 13.9. The van der Waals surface area contributed by atoms with Crippen LogP contribution in [0.4, 0.5) is 8.78 Å². The summed E-state index contributed by atoms with van der Waals surface area (Å²) >= 11 is 0. The molecule has 1 aromatic heterocycles. The summed E-state index contributed by atoms with van der Waals surface area (Å²) < 4.78 is 28.3. The van der Waals surface area contributed by atoms with Crippen molar-refractivity contribution in [3.05, 3.63) is 57.9 Å². The lowest BCUT2D eigenvalue weighted by Crippen LogP contribution is -2.45. The summed E-state index contributed by atoms with van der Waals surface area (Å²) in [6.45, 7) is 8.60. The molecule has 1 N–H and O–H groups in total. The first-order valence-corrected chi connectivity index (χ1v) is 9.44. The number of hydrogen-bond donors (Lipinski definition) is 1. The van der Waals surface area contributed by atoms with Crippen molar-refractivity contribution < 1.29 is 23.2 Å². The van der Waals surface area contributed by atoms with Crippen LogP contribution in [0, 0.1) is 37.8 Å². The molecule has 0 radical (unpaired) electrons. The maximum Gasteiger partial charge on any atom is 0.293 e. The average Bonchev–Trinajstić information content (AvgIpc) is 2.93. The maximum absolute atomic E-state index is 13.5. The van der Waals surface area contributed by atoms with Gasteiger partial charge >= 0.3 is 0 Å². The Morgan fingerprint density at radius 3 is 2.33 bits per heavy atom. The number of Topliss-reactive ketones (excluding diaryl/α,β-unsaturated/α-hetero) is 2. The Labute approximate surface area is 174 Å². The molecule has 0 aliphatic heterocycles. The molecule has 0 spiro atoms. The Morgan fingerprint density at radius 1 is 1.17 bits per heavy atom. The number of carbonyl (C=O) groups excluding carboxylic acids is 3. The number of terminal acetylenes is 1. The average molecular weight is 414 g/mol. The second kappa shape index (κ2) is 8.62. The third-order valence-corrected chi connectivity index (χ3v) is 4.92. The van der Waals surface area contributed by atoms with E-state index >= 15 is 0 Å². The van der Waals surface area contributed by atoms with E-state index in [0.29, 0.717) is 23.4 Å². The van der Waals surface area contributed by atoms with Gasteiger partial charge in [0, 0.05) is 18.7 Å². The molecule has 0 saturated heterocycles. The van der Waals surface area contributed by atoms with Gasteiger partial charge in [-0.2, -0.15) is 0 Å². The summed E-state index contributed by atoms with van der Waals surface area (Å²) in [5.74, 6) is -1.67. The normalized spacial score (nSPS) is 11.1. The maximum atomic E-state index is 13.5. The summed E-state index contributed by atoms with van der Waals surface area (Å²) in [6, 6.07) is 3.26. The Hall–Kier alpha value is -3.27. The number of rotatable bonds is 7. The largest absolute Gasteiger partial charge is 0.342 e. The van der Waals surface area contributed by atoms with Crippen LogP contribution in [0.2, 0.25) is 0 Å². The standard InChI is InChI=1S/C23H24F2N2O3/c1-7-23(5,6)26-22(30)21(29)19-13(3)20(27(8-2)14(19)4)18(28)12-15-9-10-16(24)17(25)11-15/h1,9-11H,8,12H2,2-6H3,(H,26,30). The predicted octanol–water partition coefficient (Wildman–Crippen LogP) is 3.54. The first kappa shape index (κ1) is 23.0. The fraction of sp³-hybridized carbons (Fsp3) is 0.348. The van der Waals surface area contributed by atoms with E-state index in [2.05, 4.69) is 11.2 Å². The van der Waals surface area contributed by atoms with Crippen molar-refractivity contribution in [2.24, 2.45) is 0 Å². The molecule has 1 heterocycles. The number of amides is 1. The SMILES string of the molecule is C#CC(C)(C)NC(=O)C(=O)c1c(C)c(C(=O)Cc2ccc(F)c(F)c2)n(CC)c1C. The van der Waals surface area contributed by atoms with Crippen LogP contribution in [0.5, 0.6) is 0 Å². The number of halogens is 2. The fourth-order valence-electron chi connectivity index (χ4n) is 3.39. The van der Waals surface area contributed by atoms with Gasteiger partial charge in [-0.1, -0.05) is 12.0 Å². The van der Waals surface area contributed by atoms with Gasteiger partial charge in [-0.3, -0.25) is 14.4 Å². The molecule has 30 heavy (non-hydrogen) atoms. The van der Waals surface area contributed by atoms with Gasteiger partial charge in [-0.25, -0.2) is 8.78 Å². The highest BCUT2D eigenvalue weighted by Gasteiger charge is 2.31. The Bertz CT molecular complexity index is 1080. The monoisotopic (exact) mass is 414 g/mol. The number of benzene rings is 1. The Kier molecular flexibility index (Phi) is 6.61. The summed E-state index contributed by atoms with van der Waals surface area (Å²) in [5.41, 5.74) is 0.527. The van der Waals surface area contributed by atoms with E-state index in [1.165, 1.54) is 6.07 Å². The molecule has 0 unspecified atom stereocenters. The molecule has 0 bridgehead atoms. The molecule has 0 saturated carbocycles. The van der Waals surface area contributed by atoms with E-state index < -0.39 is 28.9 Å². The zero-order chi connectivity index (χ0) is 22.8. The molecular formula is C23H24F2N2O3. The molecule has 0 aliphatic rings. The van der Waals surface area contributed by atoms with E-state index in [-0.39, 0.29) is 23.5 Å². The highest BCUT2D eigenvalue weighted by atomic mass is 19.2. The zero-order valence-corrected chi connectivity index (χ0v) is 17.7. The Balaban J connectivity index is 2.44. The molecule has 0 aliphatic carbocycles. The minimum Gasteiger partial charge on any atom is -0.342 e. The van der Waals surface area contributed by atoms with Crippen LogP contribution in [-0.4, -0.2) is 27.6 Å². The van der Waals surface area contributed by atoms with Gasteiger partial charge in [-0.05, 0) is 57.9 Å². The van der Waals surface area contributed by atoms with E-state index in [4.69, 9.17) is 6.42 Å². The van der Waals surface area contributed by atoms with Gasteiger partial charge in [0.1, 0.15) is 0 Å². The van der Waals surface area contributed by atoms with Crippen molar-refractivity contribution in [1.29, 1.82) is 0 Å². The summed E-state index contributed by atoms with van der Waals surface area (Å²) in [4.78, 5) is 38.2. The van der Waals surface area contributed by atoms with Gasteiger partial charge in [0.15, 0.2) is 17.4 Å². The zero-order valence-electron chi connectivity index (χ0n) is 17.7. The number of nitrogens with one attached hydrogen (secondary N) is 1. The number of carbonyl (C=O) groups is 3. The van der Waals surface area contributed by atoms with E-state index in [0.717, 1.165) is 12.1 Å². The molecule has 7 heteroatoms. The quantitative estimate of drug-likeness (QED) is 0.428. The number of aromatic nitrogens is 1. The van der Waals surface area contributed by atoms with Crippen molar-refractivity contribution in [2.45, 2.75) is 53.1 Å². The molecule has 5 nitrogen and oxygen atoms in total. The smallest absolute Gasteiger partial charge is 0.293 e. The third-order valence-electron chi connectivity index (χ3n) is 4.92. The molecule has 0 atom stereocenters. The second-order valence-corrected chi connectivity index (χ2v) is 7.58. The number of hydrogen-bond acceptors (Lipinski definition) is 3. The summed E-state index contributed by atoms with van der Waals surface area (Å²) in [7, 11) is 0. The van der Waals surface area contributed by atoms with Gasteiger partial charge in [0.25, 0.3) is 11.7 Å². The minimum atomic E-state index is -1.04. The van der Waals surface area contributed by atoms with Crippen molar-refractivity contribution in [3.8, 4) is 12.3 Å². The van der Waals surface area contributed by atoms with Crippen molar-refractivity contribution in [1.82, 2.24) is 9.88 Å². The lowest BCUT2D eigenvalue weighted by Gasteiger charge is -2.18. The van der Waals surface area contributed by atoms with Crippen molar-refractivity contribution >= 4 is 17.5 Å². The van der Waals surface area contributed by atoms with Crippen molar-refractivity contribution in [3.63, 3.8) is 0 Å². The molecular weight excluding hydrogens is 390 g/mol. The highest BCUT2D eigenvalue weighted by molar-refractivity contribution is 6.43. The third kappa shape index (κ3) is 4.48. The lowest BCUT2D eigenvalue weighted by molar-refractivity contribution is -0.118. The lowest BCUT2D eigenvalue weighted by atomic mass is 10.00. The van der Waals surface area contributed by atoms with Gasteiger partial charge < -0.3 is 9.88 Å². The van der Waals surface area contributed by atoms with Crippen LogP contribution in [0.3, 0.4) is 0 Å². The topological polar surface area (TPSA) is 68.2 Å². The van der Waals surface area contributed by atoms with Crippen LogP contribution in [0.25, 0.3) is 0 Å². The minimum absolute atomic E-state index is 0.135. The molecule has 0 fully saturated rings. The summed E-state index contributed by atoms with van der Waals surface area (Å²) in [5, 5.41) is 2.49. The molecule has 1 amide bonds. The van der Waals surface area contributed by atoms with Crippen LogP contribution in [0.1, 0.15) is 58.4 Å². The van der Waals surface area contributed by atoms with Gasteiger partial charge in [0.05, 0.1) is 16.8 Å². The van der Waals surface area contributed by atoms with Gasteiger partial charge in [0.2, 0.25) is 0 Å². The molecule has 1 aromatic carbocycles. The number of nitrogens with zero attached hydrogens (tertiary/aromatic N) is 1. The van der Waals surface area contributed by atoms with Crippen LogP contribution < -0.4 is 5.32 Å². The second-order valence-electron chi connectivity index (χ2n) is 7.58. The van der Waals surface area contributed by atoms with Crippen LogP contribution in [-0.2, 0) is 17.8 Å². The first-order valence-electron chi connectivity index (χ1n) is 9.44. The molecule has 158 valence electrons. The van der Waals surface area contributed by atoms with E-state index in [1.54, 1.807) is 39.2 Å². The number of ketones is 2. The fourth-order valence-corrected chi connectivity index (χ4v) is 3.39. The molecule has 2 rings (SSSR count). The van der Waals surface area contributed by atoms with E-state index in [9.17, 15) is 23.2 Å². The molecule has 2 aromatic rings. The van der Waals surface area contributed by atoms with Crippen molar-refractivity contribution in [2.75, 3.05) is 0 Å².